The van der Waals surface area contributed by atoms with Crippen molar-refractivity contribution < 1.29 is 8.42 Å². The lowest BCUT2D eigenvalue weighted by Crippen LogP contribution is -2.55. The molecule has 0 spiro atoms. The van der Waals surface area contributed by atoms with Crippen LogP contribution in [0.15, 0.2) is 0 Å². The van der Waals surface area contributed by atoms with Gasteiger partial charge in [0.15, 0.2) is 0 Å². The molecule has 1 unspecified atom stereocenters. The van der Waals surface area contributed by atoms with E-state index in [1.165, 1.54) is 6.26 Å². The standard InChI is InChI=1S/C9H20N2O2S/c1-8(2)11-6-5-10(7-9(11)3)14(4,12)13/h8-9H,5-7H2,1-4H3. The van der Waals surface area contributed by atoms with Crippen LogP contribution in [-0.2, 0) is 10.0 Å². The van der Waals surface area contributed by atoms with Crippen molar-refractivity contribution in [2.24, 2.45) is 0 Å². The Kier molecular flexibility index (Phi) is 3.55. The zero-order valence-corrected chi connectivity index (χ0v) is 10.2. The van der Waals surface area contributed by atoms with Crippen LogP contribution < -0.4 is 0 Å². The summed E-state index contributed by atoms with van der Waals surface area (Å²) >= 11 is 0. The van der Waals surface area contributed by atoms with Crippen LogP contribution in [0.4, 0.5) is 0 Å². The third-order valence-corrected chi connectivity index (χ3v) is 4.04. The van der Waals surface area contributed by atoms with Crippen LogP contribution in [-0.4, -0.2) is 55.6 Å². The van der Waals surface area contributed by atoms with Crippen molar-refractivity contribution in [3.63, 3.8) is 0 Å². The highest BCUT2D eigenvalue weighted by Gasteiger charge is 2.29. The summed E-state index contributed by atoms with van der Waals surface area (Å²) in [4.78, 5) is 2.34. The number of hydrogen-bond donors (Lipinski definition) is 0. The van der Waals surface area contributed by atoms with Gasteiger partial charge < -0.3 is 0 Å². The van der Waals surface area contributed by atoms with Crippen molar-refractivity contribution in [3.8, 4) is 0 Å². The molecule has 0 aromatic carbocycles. The average molecular weight is 220 g/mol. The highest BCUT2D eigenvalue weighted by Crippen LogP contribution is 2.14. The lowest BCUT2D eigenvalue weighted by Gasteiger charge is -2.40. The van der Waals surface area contributed by atoms with Crippen molar-refractivity contribution in [1.29, 1.82) is 0 Å². The minimum atomic E-state index is -3.00. The lowest BCUT2D eigenvalue weighted by atomic mass is 10.2. The molecule has 1 rings (SSSR count). The minimum absolute atomic E-state index is 0.318. The molecule has 0 N–H and O–H groups in total. The van der Waals surface area contributed by atoms with E-state index < -0.39 is 10.0 Å². The summed E-state index contributed by atoms with van der Waals surface area (Å²) in [6, 6.07) is 0.810. The van der Waals surface area contributed by atoms with E-state index in [4.69, 9.17) is 0 Å². The largest absolute Gasteiger partial charge is 0.296 e. The zero-order chi connectivity index (χ0) is 10.9. The fourth-order valence-electron chi connectivity index (χ4n) is 2.01. The molecular formula is C9H20N2O2S. The molecule has 0 bridgehead atoms. The SMILES string of the molecule is CC(C)N1CCN(S(C)(=O)=O)CC1C. The van der Waals surface area contributed by atoms with Crippen molar-refractivity contribution in [2.75, 3.05) is 25.9 Å². The first kappa shape index (κ1) is 11.9. The molecular weight excluding hydrogens is 200 g/mol. The summed E-state index contributed by atoms with van der Waals surface area (Å²) in [5, 5.41) is 0. The molecule has 4 nitrogen and oxygen atoms in total. The van der Waals surface area contributed by atoms with E-state index in [0.717, 1.165) is 6.54 Å². The summed E-state index contributed by atoms with van der Waals surface area (Å²) in [6.45, 7) is 8.46. The second-order valence-corrected chi connectivity index (χ2v) is 6.28. The second-order valence-electron chi connectivity index (χ2n) is 4.30. The Morgan fingerprint density at radius 1 is 1.29 bits per heavy atom. The molecule has 1 fully saturated rings. The van der Waals surface area contributed by atoms with Gasteiger partial charge in [-0.2, -0.15) is 4.31 Å². The molecule has 0 aromatic rings. The molecule has 5 heteroatoms. The molecule has 84 valence electrons. The number of nitrogens with zero attached hydrogens (tertiary/aromatic N) is 2. The Labute approximate surface area is 86.9 Å². The van der Waals surface area contributed by atoms with Gasteiger partial charge in [-0.3, -0.25) is 4.90 Å². The van der Waals surface area contributed by atoms with Crippen LogP contribution in [0.5, 0.6) is 0 Å². The van der Waals surface area contributed by atoms with E-state index in [1.54, 1.807) is 4.31 Å². The molecule has 1 atom stereocenters. The summed E-state index contributed by atoms with van der Waals surface area (Å²) in [5.74, 6) is 0. The highest BCUT2D eigenvalue weighted by atomic mass is 32.2. The fourth-order valence-corrected chi connectivity index (χ4v) is 2.91. The summed E-state index contributed by atoms with van der Waals surface area (Å²) in [6.07, 6.45) is 1.28. The summed E-state index contributed by atoms with van der Waals surface area (Å²) < 4.78 is 24.2. The molecule has 0 saturated carbocycles. The number of rotatable bonds is 2. The lowest BCUT2D eigenvalue weighted by molar-refractivity contribution is 0.0984. The van der Waals surface area contributed by atoms with Gasteiger partial charge in [-0.25, -0.2) is 8.42 Å². The molecule has 0 radical (unpaired) electrons. The number of piperazine rings is 1. The maximum Gasteiger partial charge on any atom is 0.211 e. The van der Waals surface area contributed by atoms with Crippen molar-refractivity contribution in [1.82, 2.24) is 9.21 Å². The van der Waals surface area contributed by atoms with Gasteiger partial charge in [0.2, 0.25) is 10.0 Å². The topological polar surface area (TPSA) is 40.6 Å². The molecule has 14 heavy (non-hydrogen) atoms. The van der Waals surface area contributed by atoms with Gasteiger partial charge in [-0.15, -0.1) is 0 Å². The van der Waals surface area contributed by atoms with Gasteiger partial charge in [-0.1, -0.05) is 0 Å². The average Bonchev–Trinajstić information content (AvgIpc) is 2.01. The number of sulfonamides is 1. The van der Waals surface area contributed by atoms with Crippen LogP contribution in [0.1, 0.15) is 20.8 Å². The predicted octanol–water partition coefficient (Wildman–Crippen LogP) is 0.361. The minimum Gasteiger partial charge on any atom is -0.296 e. The molecule has 0 amide bonds. The molecule has 1 aliphatic heterocycles. The maximum atomic E-state index is 11.3. The van der Waals surface area contributed by atoms with Crippen LogP contribution in [0.3, 0.4) is 0 Å². The quantitative estimate of drug-likeness (QED) is 0.674. The van der Waals surface area contributed by atoms with Crippen molar-refractivity contribution in [3.05, 3.63) is 0 Å². The Hall–Kier alpha value is -0.130. The van der Waals surface area contributed by atoms with Gasteiger partial charge in [0.05, 0.1) is 6.26 Å². The first-order valence-corrected chi connectivity index (χ1v) is 6.88. The molecule has 0 aromatic heterocycles. The smallest absolute Gasteiger partial charge is 0.211 e. The van der Waals surface area contributed by atoms with Crippen LogP contribution in [0.2, 0.25) is 0 Å². The van der Waals surface area contributed by atoms with Gasteiger partial charge in [0.25, 0.3) is 0 Å². The van der Waals surface area contributed by atoms with E-state index in [1.807, 2.05) is 0 Å². The van der Waals surface area contributed by atoms with Gasteiger partial charge >= 0.3 is 0 Å². The molecule has 1 saturated heterocycles. The predicted molar refractivity (Wildman–Crippen MR) is 57.7 cm³/mol. The monoisotopic (exact) mass is 220 g/mol. The third-order valence-electron chi connectivity index (χ3n) is 2.77. The van der Waals surface area contributed by atoms with Crippen molar-refractivity contribution >= 4 is 10.0 Å². The van der Waals surface area contributed by atoms with Crippen LogP contribution >= 0.6 is 0 Å². The highest BCUT2D eigenvalue weighted by molar-refractivity contribution is 7.88. The zero-order valence-electron chi connectivity index (χ0n) is 9.40. The van der Waals surface area contributed by atoms with E-state index in [-0.39, 0.29) is 0 Å². The van der Waals surface area contributed by atoms with Crippen molar-refractivity contribution in [2.45, 2.75) is 32.9 Å². The third kappa shape index (κ3) is 2.68. The Morgan fingerprint density at radius 3 is 2.21 bits per heavy atom. The Bertz CT molecular complexity index is 287. The van der Waals surface area contributed by atoms with E-state index in [9.17, 15) is 8.42 Å². The first-order chi connectivity index (χ1) is 6.32. The maximum absolute atomic E-state index is 11.3. The van der Waals surface area contributed by atoms with E-state index in [0.29, 0.717) is 25.2 Å². The Balaban J connectivity index is 2.64. The van der Waals surface area contributed by atoms with Gasteiger partial charge in [0, 0.05) is 31.7 Å². The van der Waals surface area contributed by atoms with E-state index >= 15 is 0 Å². The molecule has 1 aliphatic rings. The van der Waals surface area contributed by atoms with Gasteiger partial charge in [-0.05, 0) is 20.8 Å². The normalized spacial score (nSPS) is 27.1. The Morgan fingerprint density at radius 2 is 1.86 bits per heavy atom. The summed E-state index contributed by atoms with van der Waals surface area (Å²) in [5.41, 5.74) is 0. The first-order valence-electron chi connectivity index (χ1n) is 5.03. The molecule has 1 heterocycles. The second kappa shape index (κ2) is 4.16. The van der Waals surface area contributed by atoms with E-state index in [2.05, 4.69) is 25.7 Å². The van der Waals surface area contributed by atoms with Gasteiger partial charge in [0.1, 0.15) is 0 Å². The molecule has 0 aliphatic carbocycles. The van der Waals surface area contributed by atoms with Crippen LogP contribution in [0.25, 0.3) is 0 Å². The number of hydrogen-bond acceptors (Lipinski definition) is 3. The fraction of sp³-hybridized carbons (Fsp3) is 1.00. The summed E-state index contributed by atoms with van der Waals surface area (Å²) in [7, 11) is -3.00. The van der Waals surface area contributed by atoms with Crippen LogP contribution in [0, 0.1) is 0 Å².